The number of ether oxygens (including phenoxy) is 1. The van der Waals surface area contributed by atoms with Gasteiger partial charge in [0.2, 0.25) is 0 Å². The van der Waals surface area contributed by atoms with E-state index in [4.69, 9.17) is 10.5 Å². The Morgan fingerprint density at radius 1 is 1.07 bits per heavy atom. The number of rotatable bonds is 6. The second-order valence-corrected chi connectivity index (χ2v) is 3.15. The van der Waals surface area contributed by atoms with E-state index >= 15 is 0 Å². The maximum Gasteiger partial charge on any atom is 0.123 e. The van der Waals surface area contributed by atoms with Gasteiger partial charge < -0.3 is 10.5 Å². The summed E-state index contributed by atoms with van der Waals surface area (Å²) in [5.74, 6) is 0.486. The maximum atomic E-state index is 12.5. The van der Waals surface area contributed by atoms with Crippen LogP contribution in [-0.2, 0) is 0 Å². The highest BCUT2D eigenvalue weighted by Crippen LogP contribution is 2.11. The molecule has 1 aromatic carbocycles. The number of hydrogen-bond acceptors (Lipinski definition) is 2. The van der Waals surface area contributed by atoms with Gasteiger partial charge in [0.1, 0.15) is 11.6 Å². The molecule has 0 unspecified atom stereocenters. The van der Waals surface area contributed by atoms with Crippen molar-refractivity contribution in [3.8, 4) is 5.75 Å². The molecule has 2 N–H and O–H groups in total. The molecule has 3 heteroatoms. The monoisotopic (exact) mass is 197 g/mol. The van der Waals surface area contributed by atoms with Gasteiger partial charge in [0.25, 0.3) is 0 Å². The molecule has 0 aliphatic rings. The van der Waals surface area contributed by atoms with Crippen LogP contribution in [0.4, 0.5) is 4.39 Å². The van der Waals surface area contributed by atoms with Crippen LogP contribution in [-0.4, -0.2) is 13.2 Å². The first-order valence-corrected chi connectivity index (χ1v) is 4.91. The van der Waals surface area contributed by atoms with Crippen LogP contribution in [0.2, 0.25) is 0 Å². The van der Waals surface area contributed by atoms with Crippen LogP contribution in [0.1, 0.15) is 19.3 Å². The lowest BCUT2D eigenvalue weighted by Crippen LogP contribution is -2.01. The summed E-state index contributed by atoms with van der Waals surface area (Å²) in [6, 6.07) is 6.07. The van der Waals surface area contributed by atoms with E-state index in [0.29, 0.717) is 6.61 Å². The predicted octanol–water partition coefficient (Wildman–Crippen LogP) is 2.33. The summed E-state index contributed by atoms with van der Waals surface area (Å²) in [5.41, 5.74) is 5.36. The molecule has 0 heterocycles. The van der Waals surface area contributed by atoms with Crippen molar-refractivity contribution in [1.29, 1.82) is 0 Å². The van der Waals surface area contributed by atoms with Crippen LogP contribution >= 0.6 is 0 Å². The van der Waals surface area contributed by atoms with Crippen molar-refractivity contribution in [2.75, 3.05) is 13.2 Å². The molecule has 14 heavy (non-hydrogen) atoms. The van der Waals surface area contributed by atoms with Gasteiger partial charge in [0.05, 0.1) is 6.61 Å². The van der Waals surface area contributed by atoms with E-state index in [-0.39, 0.29) is 5.82 Å². The van der Waals surface area contributed by atoms with E-state index in [0.717, 1.165) is 31.6 Å². The lowest BCUT2D eigenvalue weighted by molar-refractivity contribution is 0.305. The summed E-state index contributed by atoms with van der Waals surface area (Å²) in [4.78, 5) is 0. The minimum Gasteiger partial charge on any atom is -0.494 e. The summed E-state index contributed by atoms with van der Waals surface area (Å²) in [7, 11) is 0. The molecule has 1 aromatic rings. The van der Waals surface area contributed by atoms with Crippen LogP contribution in [0.5, 0.6) is 5.75 Å². The highest BCUT2D eigenvalue weighted by Gasteiger charge is 1.94. The van der Waals surface area contributed by atoms with E-state index in [2.05, 4.69) is 0 Å². The zero-order valence-electron chi connectivity index (χ0n) is 8.21. The third-order valence-electron chi connectivity index (χ3n) is 1.93. The Balaban J connectivity index is 2.15. The Kier molecular flexibility index (Phi) is 5.00. The van der Waals surface area contributed by atoms with Crippen LogP contribution in [0.15, 0.2) is 24.3 Å². The highest BCUT2D eigenvalue weighted by molar-refractivity contribution is 5.21. The number of nitrogens with two attached hydrogens (primary N) is 1. The summed E-state index contributed by atoms with van der Waals surface area (Å²) < 4.78 is 17.9. The Morgan fingerprint density at radius 2 is 1.79 bits per heavy atom. The largest absolute Gasteiger partial charge is 0.494 e. The van der Waals surface area contributed by atoms with E-state index in [9.17, 15) is 4.39 Å². The van der Waals surface area contributed by atoms with Crippen molar-refractivity contribution in [1.82, 2.24) is 0 Å². The van der Waals surface area contributed by atoms with Crippen molar-refractivity contribution in [3.63, 3.8) is 0 Å². The lowest BCUT2D eigenvalue weighted by Gasteiger charge is -2.05. The van der Waals surface area contributed by atoms with Gasteiger partial charge in [0.15, 0.2) is 0 Å². The zero-order valence-corrected chi connectivity index (χ0v) is 8.21. The average molecular weight is 197 g/mol. The molecule has 0 saturated carbocycles. The van der Waals surface area contributed by atoms with Gasteiger partial charge >= 0.3 is 0 Å². The fourth-order valence-corrected chi connectivity index (χ4v) is 1.14. The SMILES string of the molecule is NCCCCCOc1ccc(F)cc1. The summed E-state index contributed by atoms with van der Waals surface area (Å²) in [6.45, 7) is 1.40. The van der Waals surface area contributed by atoms with Crippen LogP contribution in [0.3, 0.4) is 0 Å². The van der Waals surface area contributed by atoms with Gasteiger partial charge in [-0.3, -0.25) is 0 Å². The maximum absolute atomic E-state index is 12.5. The molecule has 1 rings (SSSR count). The van der Waals surface area contributed by atoms with Gasteiger partial charge in [-0.1, -0.05) is 0 Å². The molecule has 78 valence electrons. The van der Waals surface area contributed by atoms with Gasteiger partial charge in [-0.25, -0.2) is 4.39 Å². The Labute approximate surface area is 83.9 Å². The van der Waals surface area contributed by atoms with Crippen molar-refractivity contribution in [2.24, 2.45) is 5.73 Å². The second kappa shape index (κ2) is 6.38. The number of halogens is 1. The van der Waals surface area contributed by atoms with Crippen molar-refractivity contribution in [2.45, 2.75) is 19.3 Å². The first-order chi connectivity index (χ1) is 6.83. The Bertz CT molecular complexity index is 248. The predicted molar refractivity (Wildman–Crippen MR) is 54.8 cm³/mol. The summed E-state index contributed by atoms with van der Waals surface area (Å²) in [6.07, 6.45) is 3.11. The highest BCUT2D eigenvalue weighted by atomic mass is 19.1. The molecule has 2 nitrogen and oxygen atoms in total. The molecule has 0 bridgehead atoms. The number of benzene rings is 1. The van der Waals surface area contributed by atoms with E-state index in [1.54, 1.807) is 12.1 Å². The zero-order chi connectivity index (χ0) is 10.2. The molecule has 0 fully saturated rings. The van der Waals surface area contributed by atoms with Crippen LogP contribution < -0.4 is 10.5 Å². The molecule has 0 aromatic heterocycles. The lowest BCUT2D eigenvalue weighted by atomic mass is 10.2. The molecule has 0 aliphatic carbocycles. The molecular formula is C11H16FNO. The van der Waals surface area contributed by atoms with Crippen molar-refractivity contribution in [3.05, 3.63) is 30.1 Å². The molecule has 0 amide bonds. The minimum absolute atomic E-state index is 0.236. The normalized spacial score (nSPS) is 10.1. The van der Waals surface area contributed by atoms with Crippen LogP contribution in [0, 0.1) is 5.82 Å². The van der Waals surface area contributed by atoms with Gasteiger partial charge in [-0.05, 0) is 50.1 Å². The summed E-state index contributed by atoms with van der Waals surface area (Å²) >= 11 is 0. The van der Waals surface area contributed by atoms with E-state index in [1.165, 1.54) is 12.1 Å². The first kappa shape index (κ1) is 11.0. The molecule has 0 saturated heterocycles. The molecule has 0 aliphatic heterocycles. The smallest absolute Gasteiger partial charge is 0.123 e. The topological polar surface area (TPSA) is 35.2 Å². The molecule has 0 atom stereocenters. The van der Waals surface area contributed by atoms with Crippen molar-refractivity contribution < 1.29 is 9.13 Å². The summed E-state index contributed by atoms with van der Waals surface area (Å²) in [5, 5.41) is 0. The Hall–Kier alpha value is -1.09. The van der Waals surface area contributed by atoms with E-state index in [1.807, 2.05) is 0 Å². The molecular weight excluding hydrogens is 181 g/mol. The average Bonchev–Trinajstić information content (AvgIpc) is 2.21. The second-order valence-electron chi connectivity index (χ2n) is 3.15. The standard InChI is InChI=1S/C11H16FNO/c12-10-4-6-11(7-5-10)14-9-3-1-2-8-13/h4-7H,1-3,8-9,13H2. The number of hydrogen-bond donors (Lipinski definition) is 1. The van der Waals surface area contributed by atoms with E-state index < -0.39 is 0 Å². The number of unbranched alkanes of at least 4 members (excludes halogenated alkanes) is 2. The van der Waals surface area contributed by atoms with Crippen molar-refractivity contribution >= 4 is 0 Å². The fraction of sp³-hybridized carbons (Fsp3) is 0.455. The molecule has 0 radical (unpaired) electrons. The third-order valence-corrected chi connectivity index (χ3v) is 1.93. The van der Waals surface area contributed by atoms with Gasteiger partial charge in [-0.15, -0.1) is 0 Å². The minimum atomic E-state index is -0.236. The molecule has 0 spiro atoms. The van der Waals surface area contributed by atoms with Gasteiger partial charge in [-0.2, -0.15) is 0 Å². The Morgan fingerprint density at radius 3 is 2.43 bits per heavy atom. The fourth-order valence-electron chi connectivity index (χ4n) is 1.14. The first-order valence-electron chi connectivity index (χ1n) is 4.91. The third kappa shape index (κ3) is 4.23. The van der Waals surface area contributed by atoms with Crippen LogP contribution in [0.25, 0.3) is 0 Å². The quantitative estimate of drug-likeness (QED) is 0.710. The van der Waals surface area contributed by atoms with Gasteiger partial charge in [0, 0.05) is 0 Å².